The monoisotopic (exact) mass is 399 g/mol. The molecule has 0 amide bonds. The molecule has 0 N–H and O–H groups in total. The Labute approximate surface area is 174 Å². The molecule has 158 valence electrons. The van der Waals surface area contributed by atoms with Gasteiger partial charge in [-0.2, -0.15) is 0 Å². The molecule has 3 aliphatic rings. The smallest absolute Gasteiger partial charge is 0.173 e. The van der Waals surface area contributed by atoms with Gasteiger partial charge in [0, 0.05) is 13.0 Å². The molecule has 3 unspecified atom stereocenters. The number of benzene rings is 1. The molecule has 1 aromatic rings. The molecule has 1 saturated heterocycles. The summed E-state index contributed by atoms with van der Waals surface area (Å²) in [6, 6.07) is 7.59. The van der Waals surface area contributed by atoms with Crippen LogP contribution in [0.15, 0.2) is 30.5 Å². The minimum absolute atomic E-state index is 0.0551. The molecule has 1 saturated carbocycles. The van der Waals surface area contributed by atoms with Crippen molar-refractivity contribution in [3.63, 3.8) is 0 Å². The predicted octanol–water partition coefficient (Wildman–Crippen LogP) is 3.92. The van der Waals surface area contributed by atoms with Gasteiger partial charge in [-0.25, -0.2) is 0 Å². The first-order valence-corrected chi connectivity index (χ1v) is 11.0. The molecule has 4 rings (SSSR count). The average molecular weight is 400 g/mol. The molecule has 0 bridgehead atoms. The number of likely N-dealkylation sites (tertiary alicyclic amines) is 1. The molecule has 1 aromatic carbocycles. The Morgan fingerprint density at radius 3 is 2.59 bits per heavy atom. The third-order valence-electron chi connectivity index (χ3n) is 6.74. The minimum Gasteiger partial charge on any atom is -0.497 e. The van der Waals surface area contributed by atoms with Gasteiger partial charge in [0.15, 0.2) is 5.78 Å². The van der Waals surface area contributed by atoms with E-state index >= 15 is 0 Å². The van der Waals surface area contributed by atoms with Gasteiger partial charge in [0.2, 0.25) is 0 Å². The van der Waals surface area contributed by atoms with E-state index in [9.17, 15) is 4.79 Å². The third kappa shape index (κ3) is 4.84. The van der Waals surface area contributed by atoms with E-state index in [1.807, 2.05) is 24.3 Å². The second-order valence-corrected chi connectivity index (χ2v) is 8.74. The normalized spacial score (nSPS) is 28.4. The van der Waals surface area contributed by atoms with Crippen LogP contribution in [0, 0.1) is 11.8 Å². The lowest BCUT2D eigenvalue weighted by atomic mass is 9.78. The zero-order valence-electron chi connectivity index (χ0n) is 17.6. The number of piperidine rings is 1. The average Bonchev–Trinajstić information content (AvgIpc) is 2.75. The molecule has 2 heterocycles. The van der Waals surface area contributed by atoms with Crippen LogP contribution in [0.3, 0.4) is 0 Å². The molecule has 0 aromatic heterocycles. The molecule has 0 radical (unpaired) electrons. The number of allylic oxidation sites excluding steroid dienone is 1. The maximum Gasteiger partial charge on any atom is 0.173 e. The van der Waals surface area contributed by atoms with Crippen LogP contribution in [0.1, 0.15) is 44.6 Å². The van der Waals surface area contributed by atoms with Crippen LogP contribution in [-0.2, 0) is 14.3 Å². The maximum absolute atomic E-state index is 13.0. The van der Waals surface area contributed by atoms with Crippen molar-refractivity contribution >= 4 is 11.4 Å². The predicted molar refractivity (Wildman–Crippen MR) is 113 cm³/mol. The number of carbonyl (C=O) groups excluding carboxylic acids is 1. The molecule has 1 aliphatic carbocycles. The van der Waals surface area contributed by atoms with Gasteiger partial charge in [0.1, 0.15) is 11.9 Å². The van der Waals surface area contributed by atoms with E-state index in [0.29, 0.717) is 5.57 Å². The number of methoxy groups -OCH3 is 1. The molecule has 5 heteroatoms. The quantitative estimate of drug-likeness (QED) is 0.726. The number of nitrogens with zero attached hydrogens (tertiary/aromatic N) is 1. The van der Waals surface area contributed by atoms with Crippen LogP contribution in [0.25, 0.3) is 5.57 Å². The molecule has 5 nitrogen and oxygen atoms in total. The summed E-state index contributed by atoms with van der Waals surface area (Å²) in [5.74, 6) is 1.79. The van der Waals surface area contributed by atoms with Crippen molar-refractivity contribution in [3.8, 4) is 5.75 Å². The zero-order valence-corrected chi connectivity index (χ0v) is 17.6. The Bertz CT molecular complexity index is 721. The lowest BCUT2D eigenvalue weighted by molar-refractivity contribution is -0.128. The van der Waals surface area contributed by atoms with Gasteiger partial charge in [-0.05, 0) is 62.4 Å². The first kappa shape index (κ1) is 20.4. The van der Waals surface area contributed by atoms with E-state index in [1.54, 1.807) is 13.4 Å². The number of hydrogen-bond donors (Lipinski definition) is 0. The van der Waals surface area contributed by atoms with Crippen LogP contribution in [0.5, 0.6) is 5.75 Å². The summed E-state index contributed by atoms with van der Waals surface area (Å²) < 4.78 is 17.4. The number of ketones is 1. The van der Waals surface area contributed by atoms with Crippen molar-refractivity contribution in [2.75, 3.05) is 33.4 Å². The summed E-state index contributed by atoms with van der Waals surface area (Å²) in [4.78, 5) is 15.6. The Hall–Kier alpha value is -1.85. The molecule has 3 atom stereocenters. The fraction of sp³-hybridized carbons (Fsp3) is 0.625. The highest BCUT2D eigenvalue weighted by molar-refractivity contribution is 6.22. The van der Waals surface area contributed by atoms with E-state index in [4.69, 9.17) is 14.2 Å². The van der Waals surface area contributed by atoms with Crippen LogP contribution < -0.4 is 4.74 Å². The molecule has 2 fully saturated rings. The summed E-state index contributed by atoms with van der Waals surface area (Å²) >= 11 is 0. The highest BCUT2D eigenvalue weighted by Crippen LogP contribution is 2.37. The number of rotatable bonds is 6. The summed E-state index contributed by atoms with van der Waals surface area (Å²) in [7, 11) is 1.64. The first-order chi connectivity index (χ1) is 14.1. The minimum atomic E-state index is -0.0564. The number of ether oxygens (including phenoxy) is 3. The van der Waals surface area contributed by atoms with Crippen molar-refractivity contribution in [3.05, 3.63) is 36.1 Å². The molecule has 2 aliphatic heterocycles. The number of Topliss-reactive ketones (excluding diaryl/α,β-unsaturated/α-hetero) is 1. The van der Waals surface area contributed by atoms with E-state index < -0.39 is 0 Å². The van der Waals surface area contributed by atoms with Gasteiger partial charge < -0.3 is 19.1 Å². The van der Waals surface area contributed by atoms with Crippen LogP contribution >= 0.6 is 0 Å². The Morgan fingerprint density at radius 1 is 1.10 bits per heavy atom. The van der Waals surface area contributed by atoms with Crippen molar-refractivity contribution in [2.24, 2.45) is 11.8 Å². The molecule has 29 heavy (non-hydrogen) atoms. The van der Waals surface area contributed by atoms with Gasteiger partial charge in [-0.15, -0.1) is 0 Å². The number of hydrogen-bond acceptors (Lipinski definition) is 5. The van der Waals surface area contributed by atoms with Crippen molar-refractivity contribution in [2.45, 2.75) is 51.2 Å². The van der Waals surface area contributed by atoms with Crippen molar-refractivity contribution < 1.29 is 19.0 Å². The highest BCUT2D eigenvalue weighted by Gasteiger charge is 2.40. The van der Waals surface area contributed by atoms with Gasteiger partial charge in [0.05, 0.1) is 37.6 Å². The lowest BCUT2D eigenvalue weighted by Gasteiger charge is -2.38. The summed E-state index contributed by atoms with van der Waals surface area (Å²) in [6.45, 7) is 6.51. The molecule has 0 spiro atoms. The summed E-state index contributed by atoms with van der Waals surface area (Å²) in [5, 5.41) is 0. The molecular weight excluding hydrogens is 366 g/mol. The summed E-state index contributed by atoms with van der Waals surface area (Å²) in [5.41, 5.74) is 1.57. The second-order valence-electron chi connectivity index (χ2n) is 8.74. The number of carbonyl (C=O) groups is 1. The standard InChI is InChI=1S/C24H33NO4/c1-17-9-11-25(12-10-17)13-14-28-20-7-8-21-23(15-20)29-16-22(24(21)26)18-3-5-19(27-2)6-4-18/h3-6,16-17,20-21,23H,7-15H2,1-2H3. The maximum atomic E-state index is 13.0. The fourth-order valence-electron chi connectivity index (χ4n) is 4.72. The Balaban J connectivity index is 1.28. The highest BCUT2D eigenvalue weighted by atomic mass is 16.5. The topological polar surface area (TPSA) is 48.0 Å². The fourth-order valence-corrected chi connectivity index (χ4v) is 4.72. The second kappa shape index (κ2) is 9.31. The van der Waals surface area contributed by atoms with Gasteiger partial charge in [-0.3, -0.25) is 4.79 Å². The Morgan fingerprint density at radius 2 is 1.86 bits per heavy atom. The van der Waals surface area contributed by atoms with E-state index in [2.05, 4.69) is 11.8 Å². The van der Waals surface area contributed by atoms with E-state index in [0.717, 1.165) is 49.6 Å². The van der Waals surface area contributed by atoms with Gasteiger partial charge >= 0.3 is 0 Å². The third-order valence-corrected chi connectivity index (χ3v) is 6.74. The molecular formula is C24H33NO4. The van der Waals surface area contributed by atoms with Crippen LogP contribution in [-0.4, -0.2) is 56.2 Å². The Kier molecular flexibility index (Phi) is 6.56. The van der Waals surface area contributed by atoms with Crippen molar-refractivity contribution in [1.29, 1.82) is 0 Å². The van der Waals surface area contributed by atoms with Crippen LogP contribution in [0.2, 0.25) is 0 Å². The van der Waals surface area contributed by atoms with Crippen molar-refractivity contribution in [1.82, 2.24) is 4.90 Å². The van der Waals surface area contributed by atoms with Gasteiger partial charge in [0.25, 0.3) is 0 Å². The summed E-state index contributed by atoms with van der Waals surface area (Å²) in [6.07, 6.45) is 6.97. The SMILES string of the molecule is COc1ccc(C2=COC3CC(OCCN4CCC(C)CC4)CCC3C2=O)cc1. The largest absolute Gasteiger partial charge is 0.497 e. The first-order valence-electron chi connectivity index (χ1n) is 11.0. The van der Waals surface area contributed by atoms with E-state index in [-0.39, 0.29) is 23.9 Å². The lowest BCUT2D eigenvalue weighted by Crippen LogP contribution is -2.42. The number of fused-ring (bicyclic) bond motifs is 1. The van der Waals surface area contributed by atoms with E-state index in [1.165, 1.54) is 25.9 Å². The van der Waals surface area contributed by atoms with Gasteiger partial charge in [-0.1, -0.05) is 19.1 Å². The zero-order chi connectivity index (χ0) is 20.2. The van der Waals surface area contributed by atoms with Crippen LogP contribution in [0.4, 0.5) is 0 Å².